The molecule has 1 aliphatic heterocycles. The highest BCUT2D eigenvalue weighted by Gasteiger charge is 2.34. The number of furan rings is 1. The van der Waals surface area contributed by atoms with Gasteiger partial charge < -0.3 is 9.15 Å². The van der Waals surface area contributed by atoms with Gasteiger partial charge in [-0.1, -0.05) is 40.2 Å². The fourth-order valence-electron chi connectivity index (χ4n) is 2.94. The largest absolute Gasteiger partial charge is 0.496 e. The number of para-hydroxylation sites is 1. The molecule has 1 amide bonds. The molecule has 0 radical (unpaired) electrons. The number of amides is 1. The lowest BCUT2D eigenvalue weighted by Crippen LogP contribution is -2.28. The van der Waals surface area contributed by atoms with Crippen LogP contribution in [0.5, 0.6) is 5.75 Å². The Morgan fingerprint density at radius 3 is 2.81 bits per heavy atom. The van der Waals surface area contributed by atoms with Crippen LogP contribution in [0.25, 0.3) is 6.08 Å². The molecule has 1 aliphatic rings. The standard InChI is InChI=1S/C23H18BrN3O3S/c1-29-20-10-3-2-7-17(20)14-25-26-23-27(15-19-9-5-11-30-19)22(28)21(31-23)13-16-6-4-8-18(24)12-16/h2-14H,15H2,1H3/b21-13-,25-14+,26-23-. The molecule has 3 aromatic rings. The minimum absolute atomic E-state index is 0.146. The number of ether oxygens (including phenoxy) is 1. The predicted molar refractivity (Wildman–Crippen MR) is 127 cm³/mol. The summed E-state index contributed by atoms with van der Waals surface area (Å²) in [7, 11) is 1.61. The zero-order valence-corrected chi connectivity index (χ0v) is 19.0. The first-order chi connectivity index (χ1) is 15.1. The van der Waals surface area contributed by atoms with Crippen LogP contribution in [0, 0.1) is 0 Å². The summed E-state index contributed by atoms with van der Waals surface area (Å²) in [6, 6.07) is 18.9. The summed E-state index contributed by atoms with van der Waals surface area (Å²) in [6.45, 7) is 0.275. The third-order valence-corrected chi connectivity index (χ3v) is 5.90. The average Bonchev–Trinajstić information content (AvgIpc) is 3.38. The predicted octanol–water partition coefficient (Wildman–Crippen LogP) is 5.56. The average molecular weight is 496 g/mol. The van der Waals surface area contributed by atoms with Crippen molar-refractivity contribution in [2.24, 2.45) is 10.2 Å². The highest BCUT2D eigenvalue weighted by atomic mass is 79.9. The van der Waals surface area contributed by atoms with Gasteiger partial charge in [0.2, 0.25) is 0 Å². The molecule has 0 saturated carbocycles. The van der Waals surface area contributed by atoms with E-state index in [1.165, 1.54) is 11.8 Å². The van der Waals surface area contributed by atoms with Gasteiger partial charge >= 0.3 is 0 Å². The van der Waals surface area contributed by atoms with E-state index in [-0.39, 0.29) is 12.5 Å². The number of thioether (sulfide) groups is 1. The Balaban J connectivity index is 1.63. The summed E-state index contributed by atoms with van der Waals surface area (Å²) >= 11 is 4.74. The molecule has 31 heavy (non-hydrogen) atoms. The summed E-state index contributed by atoms with van der Waals surface area (Å²) in [4.78, 5) is 15.2. The zero-order valence-electron chi connectivity index (χ0n) is 16.6. The number of nitrogens with zero attached hydrogens (tertiary/aromatic N) is 3. The number of halogens is 1. The first-order valence-electron chi connectivity index (χ1n) is 9.37. The van der Waals surface area contributed by atoms with Crippen LogP contribution in [0.4, 0.5) is 0 Å². The zero-order chi connectivity index (χ0) is 21.6. The Morgan fingerprint density at radius 1 is 1.16 bits per heavy atom. The van der Waals surface area contributed by atoms with Crippen LogP contribution in [-0.2, 0) is 11.3 Å². The Kier molecular flexibility index (Phi) is 6.69. The molecular formula is C23H18BrN3O3S. The van der Waals surface area contributed by atoms with Crippen LogP contribution in [0.3, 0.4) is 0 Å². The van der Waals surface area contributed by atoms with Crippen LogP contribution in [0.2, 0.25) is 0 Å². The quantitative estimate of drug-likeness (QED) is 0.255. The number of methoxy groups -OCH3 is 1. The van der Waals surface area contributed by atoms with Gasteiger partial charge in [-0.25, -0.2) is 0 Å². The van der Waals surface area contributed by atoms with Crippen molar-refractivity contribution in [3.8, 4) is 5.75 Å². The first kappa shape index (κ1) is 21.1. The van der Waals surface area contributed by atoms with Crippen molar-refractivity contribution in [2.45, 2.75) is 6.54 Å². The van der Waals surface area contributed by atoms with Crippen molar-refractivity contribution in [1.29, 1.82) is 0 Å². The Hall–Kier alpha value is -3.10. The van der Waals surface area contributed by atoms with Gasteiger partial charge in [-0.15, -0.1) is 5.10 Å². The second-order valence-electron chi connectivity index (χ2n) is 6.51. The molecule has 8 heteroatoms. The number of benzene rings is 2. The van der Waals surface area contributed by atoms with Crippen molar-refractivity contribution < 1.29 is 13.9 Å². The molecule has 1 fully saturated rings. The van der Waals surface area contributed by atoms with Crippen LogP contribution in [0.15, 0.2) is 90.9 Å². The molecule has 0 bridgehead atoms. The monoisotopic (exact) mass is 495 g/mol. The highest BCUT2D eigenvalue weighted by Crippen LogP contribution is 2.34. The van der Waals surface area contributed by atoms with E-state index in [0.29, 0.717) is 21.6 Å². The molecule has 0 spiro atoms. The second kappa shape index (κ2) is 9.80. The lowest BCUT2D eigenvalue weighted by Gasteiger charge is -2.12. The first-order valence-corrected chi connectivity index (χ1v) is 11.0. The lowest BCUT2D eigenvalue weighted by molar-refractivity contribution is -0.122. The molecule has 0 N–H and O–H groups in total. The maximum absolute atomic E-state index is 13.1. The molecule has 0 aliphatic carbocycles. The molecule has 1 aromatic heterocycles. The number of hydrogen-bond donors (Lipinski definition) is 0. The van der Waals surface area contributed by atoms with Crippen molar-refractivity contribution in [3.05, 3.63) is 93.2 Å². The summed E-state index contributed by atoms with van der Waals surface area (Å²) < 4.78 is 11.7. The summed E-state index contributed by atoms with van der Waals surface area (Å²) in [5.74, 6) is 1.22. The van der Waals surface area contributed by atoms with E-state index in [1.807, 2.05) is 60.7 Å². The Bertz CT molecular complexity index is 1170. The van der Waals surface area contributed by atoms with Gasteiger partial charge in [0.05, 0.1) is 31.0 Å². The fraction of sp³-hybridized carbons (Fsp3) is 0.0870. The van der Waals surface area contributed by atoms with E-state index < -0.39 is 0 Å². The van der Waals surface area contributed by atoms with Gasteiger partial charge in [0.15, 0.2) is 5.17 Å². The van der Waals surface area contributed by atoms with E-state index in [2.05, 4.69) is 26.1 Å². The number of carbonyl (C=O) groups is 1. The van der Waals surface area contributed by atoms with Gasteiger partial charge in [-0.3, -0.25) is 9.69 Å². The minimum Gasteiger partial charge on any atom is -0.496 e. The van der Waals surface area contributed by atoms with Gasteiger partial charge in [0, 0.05) is 10.0 Å². The van der Waals surface area contributed by atoms with E-state index >= 15 is 0 Å². The van der Waals surface area contributed by atoms with Crippen LogP contribution >= 0.6 is 27.7 Å². The SMILES string of the molecule is COc1ccccc1/C=N/N=C1\S/C(=C\c2cccc(Br)c2)C(=O)N1Cc1ccco1. The van der Waals surface area contributed by atoms with Gasteiger partial charge in [0.1, 0.15) is 11.5 Å². The number of carbonyl (C=O) groups excluding carboxylic acids is 1. The summed E-state index contributed by atoms with van der Waals surface area (Å²) in [5.41, 5.74) is 1.72. The van der Waals surface area contributed by atoms with Crippen LogP contribution in [-0.4, -0.2) is 29.3 Å². The Labute approximate surface area is 192 Å². The van der Waals surface area contributed by atoms with Gasteiger partial charge in [-0.05, 0) is 59.8 Å². The van der Waals surface area contributed by atoms with Crippen LogP contribution < -0.4 is 4.74 Å². The van der Waals surface area contributed by atoms with Crippen LogP contribution in [0.1, 0.15) is 16.9 Å². The Morgan fingerprint density at radius 2 is 2.03 bits per heavy atom. The van der Waals surface area contributed by atoms with Crippen molar-refractivity contribution >= 4 is 51.1 Å². The minimum atomic E-state index is -0.146. The summed E-state index contributed by atoms with van der Waals surface area (Å²) in [6.07, 6.45) is 5.04. The number of hydrogen-bond acceptors (Lipinski definition) is 6. The summed E-state index contributed by atoms with van der Waals surface area (Å²) in [5, 5.41) is 9.01. The van der Waals surface area contributed by atoms with E-state index in [1.54, 1.807) is 30.6 Å². The molecule has 156 valence electrons. The van der Waals surface area contributed by atoms with Gasteiger partial charge in [-0.2, -0.15) is 5.10 Å². The topological polar surface area (TPSA) is 67.4 Å². The van der Waals surface area contributed by atoms with E-state index in [9.17, 15) is 4.79 Å². The lowest BCUT2D eigenvalue weighted by atomic mass is 10.2. The fourth-order valence-corrected chi connectivity index (χ4v) is 4.29. The van der Waals surface area contributed by atoms with E-state index in [4.69, 9.17) is 9.15 Å². The maximum Gasteiger partial charge on any atom is 0.267 e. The molecule has 2 aromatic carbocycles. The molecule has 1 saturated heterocycles. The maximum atomic E-state index is 13.1. The highest BCUT2D eigenvalue weighted by molar-refractivity contribution is 9.10. The molecular weight excluding hydrogens is 478 g/mol. The van der Waals surface area contributed by atoms with Crippen molar-refractivity contribution in [3.63, 3.8) is 0 Å². The normalized spacial score (nSPS) is 16.7. The molecule has 0 unspecified atom stereocenters. The van der Waals surface area contributed by atoms with E-state index in [0.717, 1.165) is 15.6 Å². The second-order valence-corrected chi connectivity index (χ2v) is 8.43. The third kappa shape index (κ3) is 5.15. The van der Waals surface area contributed by atoms with Crippen molar-refractivity contribution in [1.82, 2.24) is 4.90 Å². The smallest absolute Gasteiger partial charge is 0.267 e. The molecule has 6 nitrogen and oxygen atoms in total. The van der Waals surface area contributed by atoms with Gasteiger partial charge in [0.25, 0.3) is 5.91 Å². The molecule has 4 rings (SSSR count). The molecule has 2 heterocycles. The van der Waals surface area contributed by atoms with Crippen molar-refractivity contribution in [2.75, 3.05) is 7.11 Å². The number of rotatable bonds is 6. The third-order valence-electron chi connectivity index (χ3n) is 4.41. The number of amidine groups is 1. The molecule has 0 atom stereocenters.